The van der Waals surface area contributed by atoms with Gasteiger partial charge in [0.15, 0.2) is 0 Å². The fraction of sp³-hybridized carbons (Fsp3) is 0.538. The summed E-state index contributed by atoms with van der Waals surface area (Å²) >= 11 is 0. The Labute approximate surface area is 114 Å². The quantitative estimate of drug-likeness (QED) is 0.741. The molecule has 0 aromatic heterocycles. The van der Waals surface area contributed by atoms with E-state index in [2.05, 4.69) is 4.72 Å². The molecule has 0 amide bonds. The third-order valence-electron chi connectivity index (χ3n) is 3.35. The first-order valence-corrected chi connectivity index (χ1v) is 8.17. The van der Waals surface area contributed by atoms with Gasteiger partial charge in [0.2, 0.25) is 10.0 Å². The van der Waals surface area contributed by atoms with Crippen molar-refractivity contribution in [2.45, 2.75) is 19.3 Å². The summed E-state index contributed by atoms with van der Waals surface area (Å²) in [6, 6.07) is 7.05. The van der Waals surface area contributed by atoms with E-state index in [9.17, 15) is 8.42 Å². The van der Waals surface area contributed by atoms with E-state index < -0.39 is 10.0 Å². The van der Waals surface area contributed by atoms with E-state index in [-0.39, 0.29) is 12.4 Å². The van der Waals surface area contributed by atoms with Crippen LogP contribution in [0.4, 0.5) is 5.69 Å². The summed E-state index contributed by atoms with van der Waals surface area (Å²) in [4.78, 5) is 0. The average Bonchev–Trinajstić information content (AvgIpc) is 2.29. The summed E-state index contributed by atoms with van der Waals surface area (Å²) in [5, 5.41) is 0. The van der Waals surface area contributed by atoms with Crippen molar-refractivity contribution in [3.63, 3.8) is 0 Å². The largest absolute Gasteiger partial charge is 0.490 e. The molecule has 3 N–H and O–H groups in total. The standard InChI is InChI=1S/C13H20N2O3S/c14-12-6-1-2-7-13(12)18-8-9-19(16,17)15-10-11-4-3-5-11/h1-2,6-7,11,15H,3-5,8-10,14H2. The zero-order valence-electron chi connectivity index (χ0n) is 10.8. The molecule has 1 saturated carbocycles. The summed E-state index contributed by atoms with van der Waals surface area (Å²) in [5.41, 5.74) is 6.22. The molecular weight excluding hydrogens is 264 g/mol. The molecule has 0 saturated heterocycles. The van der Waals surface area contributed by atoms with E-state index in [0.29, 0.717) is 23.9 Å². The van der Waals surface area contributed by atoms with Gasteiger partial charge in [0.1, 0.15) is 12.4 Å². The number of ether oxygens (including phenoxy) is 1. The Morgan fingerprint density at radius 3 is 2.68 bits per heavy atom. The minimum absolute atomic E-state index is 0.0476. The number of nitrogens with two attached hydrogens (primary N) is 1. The number of rotatable bonds is 7. The molecule has 0 aliphatic heterocycles. The van der Waals surface area contributed by atoms with Crippen LogP contribution in [0.3, 0.4) is 0 Å². The lowest BCUT2D eigenvalue weighted by molar-refractivity contribution is 0.314. The van der Waals surface area contributed by atoms with Crippen LogP contribution >= 0.6 is 0 Å². The maximum atomic E-state index is 11.7. The molecule has 0 heterocycles. The molecule has 1 aromatic carbocycles. The van der Waals surface area contributed by atoms with Crippen molar-refractivity contribution in [1.82, 2.24) is 4.72 Å². The van der Waals surface area contributed by atoms with Gasteiger partial charge in [-0.3, -0.25) is 0 Å². The second kappa shape index (κ2) is 6.25. The van der Waals surface area contributed by atoms with Gasteiger partial charge in [0.25, 0.3) is 0 Å². The number of nitrogens with one attached hydrogen (secondary N) is 1. The Morgan fingerprint density at radius 1 is 1.32 bits per heavy atom. The number of hydrogen-bond donors (Lipinski definition) is 2. The lowest BCUT2D eigenvalue weighted by Crippen LogP contribution is -2.35. The van der Waals surface area contributed by atoms with Crippen molar-refractivity contribution in [2.75, 3.05) is 24.6 Å². The van der Waals surface area contributed by atoms with Gasteiger partial charge in [0, 0.05) is 6.54 Å². The highest BCUT2D eigenvalue weighted by Crippen LogP contribution is 2.25. The first-order valence-electron chi connectivity index (χ1n) is 6.51. The number of sulfonamides is 1. The molecule has 0 bridgehead atoms. The van der Waals surface area contributed by atoms with E-state index in [0.717, 1.165) is 12.8 Å². The fourth-order valence-electron chi connectivity index (χ4n) is 1.89. The van der Waals surface area contributed by atoms with Gasteiger partial charge < -0.3 is 10.5 Å². The third-order valence-corrected chi connectivity index (χ3v) is 4.66. The lowest BCUT2D eigenvalue weighted by atomic mass is 9.86. The van der Waals surface area contributed by atoms with Crippen LogP contribution in [0.5, 0.6) is 5.75 Å². The summed E-state index contributed by atoms with van der Waals surface area (Å²) < 4.78 is 31.5. The van der Waals surface area contributed by atoms with E-state index in [1.165, 1.54) is 6.42 Å². The average molecular weight is 284 g/mol. The Kier molecular flexibility index (Phi) is 4.66. The zero-order valence-corrected chi connectivity index (χ0v) is 11.7. The molecule has 1 aromatic rings. The van der Waals surface area contributed by atoms with Crippen LogP contribution in [-0.4, -0.2) is 27.3 Å². The van der Waals surface area contributed by atoms with Gasteiger partial charge >= 0.3 is 0 Å². The number of para-hydroxylation sites is 2. The monoisotopic (exact) mass is 284 g/mol. The highest BCUT2D eigenvalue weighted by atomic mass is 32.2. The molecule has 1 fully saturated rings. The van der Waals surface area contributed by atoms with E-state index in [1.807, 2.05) is 0 Å². The molecule has 1 aliphatic rings. The summed E-state index contributed by atoms with van der Waals surface area (Å²) in [6.45, 7) is 0.657. The maximum Gasteiger partial charge on any atom is 0.214 e. The van der Waals surface area contributed by atoms with Gasteiger partial charge in [-0.2, -0.15) is 0 Å². The first kappa shape index (κ1) is 14.1. The Hall–Kier alpha value is -1.27. The predicted molar refractivity (Wildman–Crippen MR) is 75.5 cm³/mol. The van der Waals surface area contributed by atoms with E-state index in [4.69, 9.17) is 10.5 Å². The van der Waals surface area contributed by atoms with Gasteiger partial charge in [0.05, 0.1) is 11.4 Å². The molecular formula is C13H20N2O3S. The van der Waals surface area contributed by atoms with E-state index in [1.54, 1.807) is 24.3 Å². The van der Waals surface area contributed by atoms with Crippen LogP contribution < -0.4 is 15.2 Å². The molecule has 0 spiro atoms. The SMILES string of the molecule is Nc1ccccc1OCCS(=O)(=O)NCC1CCC1. The highest BCUT2D eigenvalue weighted by molar-refractivity contribution is 7.89. The molecule has 0 unspecified atom stereocenters. The Bertz CT molecular complexity index is 512. The fourth-order valence-corrected chi connectivity index (χ4v) is 2.82. The minimum atomic E-state index is -3.25. The van der Waals surface area contributed by atoms with Crippen molar-refractivity contribution in [3.05, 3.63) is 24.3 Å². The molecule has 19 heavy (non-hydrogen) atoms. The van der Waals surface area contributed by atoms with Crippen molar-refractivity contribution in [3.8, 4) is 5.75 Å². The normalized spacial score (nSPS) is 16.0. The number of nitrogen functional groups attached to an aromatic ring is 1. The summed E-state index contributed by atoms with van der Waals surface area (Å²) in [5.74, 6) is 0.991. The summed E-state index contributed by atoms with van der Waals surface area (Å²) in [6.07, 6.45) is 3.46. The van der Waals surface area contributed by atoms with Crippen LogP contribution in [0, 0.1) is 5.92 Å². The van der Waals surface area contributed by atoms with Crippen LogP contribution in [-0.2, 0) is 10.0 Å². The van der Waals surface area contributed by atoms with Crippen LogP contribution in [0.25, 0.3) is 0 Å². The third kappa shape index (κ3) is 4.40. The van der Waals surface area contributed by atoms with Crippen molar-refractivity contribution < 1.29 is 13.2 Å². The molecule has 1 aliphatic carbocycles. The molecule has 0 radical (unpaired) electrons. The van der Waals surface area contributed by atoms with Gasteiger partial charge in [-0.15, -0.1) is 0 Å². The van der Waals surface area contributed by atoms with Crippen molar-refractivity contribution in [2.24, 2.45) is 5.92 Å². The van der Waals surface area contributed by atoms with E-state index >= 15 is 0 Å². The van der Waals surface area contributed by atoms with Crippen molar-refractivity contribution in [1.29, 1.82) is 0 Å². The molecule has 2 rings (SSSR count). The Balaban J connectivity index is 1.73. The van der Waals surface area contributed by atoms with Crippen LogP contribution in [0.15, 0.2) is 24.3 Å². The first-order chi connectivity index (χ1) is 9.07. The maximum absolute atomic E-state index is 11.7. The molecule has 106 valence electrons. The number of hydrogen-bond acceptors (Lipinski definition) is 4. The smallest absolute Gasteiger partial charge is 0.214 e. The predicted octanol–water partition coefficient (Wildman–Crippen LogP) is 1.37. The molecule has 6 heteroatoms. The Morgan fingerprint density at radius 2 is 2.05 bits per heavy atom. The minimum Gasteiger partial charge on any atom is -0.490 e. The number of anilines is 1. The van der Waals surface area contributed by atoms with Gasteiger partial charge in [-0.05, 0) is 30.9 Å². The highest BCUT2D eigenvalue weighted by Gasteiger charge is 2.20. The van der Waals surface area contributed by atoms with Gasteiger partial charge in [-0.1, -0.05) is 18.6 Å². The lowest BCUT2D eigenvalue weighted by Gasteiger charge is -2.25. The second-order valence-corrected chi connectivity index (χ2v) is 6.78. The summed E-state index contributed by atoms with van der Waals surface area (Å²) in [7, 11) is -3.25. The second-order valence-electron chi connectivity index (χ2n) is 4.85. The van der Waals surface area contributed by atoms with Gasteiger partial charge in [-0.25, -0.2) is 13.1 Å². The topological polar surface area (TPSA) is 81.4 Å². The van der Waals surface area contributed by atoms with Crippen LogP contribution in [0.1, 0.15) is 19.3 Å². The molecule has 0 atom stereocenters. The van der Waals surface area contributed by atoms with Crippen LogP contribution in [0.2, 0.25) is 0 Å². The zero-order chi connectivity index (χ0) is 13.7. The number of benzene rings is 1. The van der Waals surface area contributed by atoms with Crippen molar-refractivity contribution >= 4 is 15.7 Å². The molecule has 5 nitrogen and oxygen atoms in total.